The Kier molecular flexibility index (Phi) is 2.85. The molecule has 1 aliphatic heterocycles. The molecule has 0 saturated carbocycles. The molecule has 82 valence electrons. The number of fused-ring (bicyclic) bond motifs is 1. The van der Waals surface area contributed by atoms with Crippen molar-refractivity contribution in [3.8, 4) is 11.5 Å². The zero-order valence-electron chi connectivity index (χ0n) is 9.62. The summed E-state index contributed by atoms with van der Waals surface area (Å²) in [6.45, 7) is 8.04. The highest BCUT2D eigenvalue weighted by molar-refractivity contribution is 5.44. The van der Waals surface area contributed by atoms with Crippen LogP contribution in [0.1, 0.15) is 32.3 Å². The molecule has 1 atom stereocenters. The third kappa shape index (κ3) is 2.09. The van der Waals surface area contributed by atoms with E-state index in [1.54, 1.807) is 0 Å². The lowest BCUT2D eigenvalue weighted by atomic mass is 9.90. The van der Waals surface area contributed by atoms with Gasteiger partial charge in [-0.15, -0.1) is 0 Å². The first-order chi connectivity index (χ1) is 7.18. The number of benzene rings is 1. The van der Waals surface area contributed by atoms with Crippen LogP contribution in [0.2, 0.25) is 0 Å². The van der Waals surface area contributed by atoms with Crippen molar-refractivity contribution in [2.75, 3.05) is 13.2 Å². The van der Waals surface area contributed by atoms with Crippen LogP contribution in [0.25, 0.3) is 0 Å². The molecule has 0 amide bonds. The Hall–Kier alpha value is -1.18. The zero-order valence-corrected chi connectivity index (χ0v) is 9.62. The van der Waals surface area contributed by atoms with Crippen molar-refractivity contribution in [2.24, 2.45) is 5.92 Å². The average molecular weight is 206 g/mol. The van der Waals surface area contributed by atoms with Crippen LogP contribution >= 0.6 is 0 Å². The first-order valence-corrected chi connectivity index (χ1v) is 5.58. The van der Waals surface area contributed by atoms with Crippen LogP contribution in [-0.4, -0.2) is 13.2 Å². The fourth-order valence-electron chi connectivity index (χ4n) is 1.73. The second-order valence-electron chi connectivity index (χ2n) is 4.44. The maximum atomic E-state index is 5.57. The molecule has 0 radical (unpaired) electrons. The van der Waals surface area contributed by atoms with E-state index in [-0.39, 0.29) is 0 Å². The summed E-state index contributed by atoms with van der Waals surface area (Å²) < 4.78 is 11.1. The molecule has 0 saturated heterocycles. The van der Waals surface area contributed by atoms with Crippen molar-refractivity contribution in [3.63, 3.8) is 0 Å². The lowest BCUT2D eigenvalue weighted by Gasteiger charge is -2.21. The van der Waals surface area contributed by atoms with Gasteiger partial charge in [-0.05, 0) is 29.5 Å². The van der Waals surface area contributed by atoms with Crippen LogP contribution in [-0.2, 0) is 0 Å². The number of hydrogen-bond donors (Lipinski definition) is 0. The van der Waals surface area contributed by atoms with Gasteiger partial charge in [-0.2, -0.15) is 0 Å². The normalized spacial score (nSPS) is 16.5. The Morgan fingerprint density at radius 2 is 1.67 bits per heavy atom. The smallest absolute Gasteiger partial charge is 0.161 e. The van der Waals surface area contributed by atoms with Gasteiger partial charge in [0.05, 0.1) is 0 Å². The van der Waals surface area contributed by atoms with Gasteiger partial charge in [0.2, 0.25) is 0 Å². The third-order valence-corrected chi connectivity index (χ3v) is 3.09. The van der Waals surface area contributed by atoms with E-state index in [2.05, 4.69) is 32.9 Å². The van der Waals surface area contributed by atoms with Crippen molar-refractivity contribution in [2.45, 2.75) is 26.7 Å². The zero-order chi connectivity index (χ0) is 10.8. The molecular weight excluding hydrogens is 188 g/mol. The van der Waals surface area contributed by atoms with Gasteiger partial charge in [-0.1, -0.05) is 26.8 Å². The summed E-state index contributed by atoms with van der Waals surface area (Å²) in [7, 11) is 0. The van der Waals surface area contributed by atoms with E-state index in [1.165, 1.54) is 5.56 Å². The van der Waals surface area contributed by atoms with Crippen molar-refractivity contribution < 1.29 is 9.47 Å². The van der Waals surface area contributed by atoms with Crippen molar-refractivity contribution in [1.29, 1.82) is 0 Å². The highest BCUT2D eigenvalue weighted by atomic mass is 16.6. The fourth-order valence-corrected chi connectivity index (χ4v) is 1.73. The van der Waals surface area contributed by atoms with Gasteiger partial charge in [0.15, 0.2) is 11.5 Å². The van der Waals surface area contributed by atoms with E-state index in [9.17, 15) is 0 Å². The Morgan fingerprint density at radius 1 is 1.00 bits per heavy atom. The summed E-state index contributed by atoms with van der Waals surface area (Å²) in [6.07, 6.45) is 0. The molecule has 1 heterocycles. The van der Waals surface area contributed by atoms with Gasteiger partial charge in [-0.25, -0.2) is 0 Å². The van der Waals surface area contributed by atoms with E-state index < -0.39 is 0 Å². The summed E-state index contributed by atoms with van der Waals surface area (Å²) in [5.41, 5.74) is 1.33. The average Bonchev–Trinajstić information content (AvgIpc) is 2.27. The van der Waals surface area contributed by atoms with E-state index >= 15 is 0 Å². The van der Waals surface area contributed by atoms with Gasteiger partial charge >= 0.3 is 0 Å². The minimum Gasteiger partial charge on any atom is -0.486 e. The lowest BCUT2D eigenvalue weighted by molar-refractivity contribution is 0.171. The Morgan fingerprint density at radius 3 is 2.33 bits per heavy atom. The number of hydrogen-bond acceptors (Lipinski definition) is 2. The standard InChI is InChI=1S/C13H18O2/c1-9(2)10(3)11-4-5-12-13(8-11)15-7-6-14-12/h4-5,8-10H,6-7H2,1-3H3. The van der Waals surface area contributed by atoms with Crippen LogP contribution in [0, 0.1) is 5.92 Å². The molecule has 2 rings (SSSR count). The Bertz CT molecular complexity index is 344. The Labute approximate surface area is 91.2 Å². The minimum atomic E-state index is 0.556. The van der Waals surface area contributed by atoms with Gasteiger partial charge in [0.1, 0.15) is 13.2 Å². The van der Waals surface area contributed by atoms with Crippen molar-refractivity contribution >= 4 is 0 Å². The summed E-state index contributed by atoms with van der Waals surface area (Å²) in [6, 6.07) is 6.26. The lowest BCUT2D eigenvalue weighted by Crippen LogP contribution is -2.15. The molecule has 1 aromatic rings. The fraction of sp³-hybridized carbons (Fsp3) is 0.538. The summed E-state index contributed by atoms with van der Waals surface area (Å²) in [4.78, 5) is 0. The van der Waals surface area contributed by atoms with Crippen LogP contribution in [0.5, 0.6) is 11.5 Å². The van der Waals surface area contributed by atoms with Crippen LogP contribution in [0.15, 0.2) is 18.2 Å². The maximum Gasteiger partial charge on any atom is 0.161 e. The monoisotopic (exact) mass is 206 g/mol. The molecule has 1 unspecified atom stereocenters. The van der Waals surface area contributed by atoms with E-state index in [0.717, 1.165) is 11.5 Å². The molecule has 0 aromatic heterocycles. The highest BCUT2D eigenvalue weighted by Gasteiger charge is 2.15. The second kappa shape index (κ2) is 4.13. The molecule has 0 spiro atoms. The number of ether oxygens (including phenoxy) is 2. The predicted octanol–water partition coefficient (Wildman–Crippen LogP) is 3.22. The number of rotatable bonds is 2. The molecule has 0 fully saturated rings. The molecule has 15 heavy (non-hydrogen) atoms. The first kappa shape index (κ1) is 10.3. The van der Waals surface area contributed by atoms with E-state index in [1.807, 2.05) is 6.07 Å². The summed E-state index contributed by atoms with van der Waals surface area (Å²) in [5, 5.41) is 0. The topological polar surface area (TPSA) is 18.5 Å². The molecular formula is C13H18O2. The van der Waals surface area contributed by atoms with Gasteiger partial charge < -0.3 is 9.47 Å². The van der Waals surface area contributed by atoms with Gasteiger partial charge in [-0.3, -0.25) is 0 Å². The van der Waals surface area contributed by atoms with Crippen molar-refractivity contribution in [1.82, 2.24) is 0 Å². The molecule has 1 aliphatic rings. The SMILES string of the molecule is CC(C)C(C)c1ccc2c(c1)OCCO2. The summed E-state index contributed by atoms with van der Waals surface area (Å²) >= 11 is 0. The molecule has 0 aliphatic carbocycles. The van der Waals surface area contributed by atoms with E-state index in [4.69, 9.17) is 9.47 Å². The van der Waals surface area contributed by atoms with Gasteiger partial charge in [0, 0.05) is 0 Å². The van der Waals surface area contributed by atoms with Crippen LogP contribution in [0.3, 0.4) is 0 Å². The first-order valence-electron chi connectivity index (χ1n) is 5.58. The van der Waals surface area contributed by atoms with Crippen molar-refractivity contribution in [3.05, 3.63) is 23.8 Å². The van der Waals surface area contributed by atoms with Gasteiger partial charge in [0.25, 0.3) is 0 Å². The molecule has 1 aromatic carbocycles. The summed E-state index contributed by atoms with van der Waals surface area (Å²) in [5.74, 6) is 2.97. The van der Waals surface area contributed by atoms with E-state index in [0.29, 0.717) is 25.0 Å². The second-order valence-corrected chi connectivity index (χ2v) is 4.44. The molecule has 0 bridgehead atoms. The maximum absolute atomic E-state index is 5.57. The Balaban J connectivity index is 2.27. The largest absolute Gasteiger partial charge is 0.486 e. The molecule has 2 nitrogen and oxygen atoms in total. The molecule has 2 heteroatoms. The minimum absolute atomic E-state index is 0.556. The highest BCUT2D eigenvalue weighted by Crippen LogP contribution is 2.34. The third-order valence-electron chi connectivity index (χ3n) is 3.09. The quantitative estimate of drug-likeness (QED) is 0.739. The van der Waals surface area contributed by atoms with Crippen LogP contribution < -0.4 is 9.47 Å². The van der Waals surface area contributed by atoms with Crippen LogP contribution in [0.4, 0.5) is 0 Å². The molecule has 0 N–H and O–H groups in total. The predicted molar refractivity (Wildman–Crippen MR) is 60.7 cm³/mol.